The number of anilines is 1. The lowest BCUT2D eigenvalue weighted by Gasteiger charge is -2.09. The maximum absolute atomic E-state index is 12.0. The van der Waals surface area contributed by atoms with Gasteiger partial charge < -0.3 is 15.2 Å². The van der Waals surface area contributed by atoms with Gasteiger partial charge in [-0.3, -0.25) is 9.59 Å². The van der Waals surface area contributed by atoms with Gasteiger partial charge in [0, 0.05) is 12.1 Å². The van der Waals surface area contributed by atoms with Crippen molar-refractivity contribution in [2.24, 2.45) is 0 Å². The first-order valence-corrected chi connectivity index (χ1v) is 7.75. The fourth-order valence-electron chi connectivity index (χ4n) is 2.31. The highest BCUT2D eigenvalue weighted by Gasteiger charge is 2.13. The second-order valence-corrected chi connectivity index (χ2v) is 5.58. The Labute approximate surface area is 141 Å². The molecule has 5 nitrogen and oxygen atoms in total. The monoisotopic (exact) mass is 327 g/mol. The molecular formula is C19H21NO4. The molecule has 0 aromatic heterocycles. The van der Waals surface area contributed by atoms with E-state index in [9.17, 15) is 9.59 Å². The zero-order valence-corrected chi connectivity index (χ0v) is 13.8. The van der Waals surface area contributed by atoms with Crippen molar-refractivity contribution in [3.05, 3.63) is 59.7 Å². The molecule has 0 spiro atoms. The first kappa shape index (κ1) is 17.5. The summed E-state index contributed by atoms with van der Waals surface area (Å²) in [6.45, 7) is 1.63. The van der Waals surface area contributed by atoms with Crippen LogP contribution in [0.5, 0.6) is 5.75 Å². The molecule has 2 aromatic carbocycles. The topological polar surface area (TPSA) is 75.6 Å². The maximum Gasteiger partial charge on any atom is 0.310 e. The van der Waals surface area contributed by atoms with Crippen LogP contribution in [0.15, 0.2) is 48.5 Å². The lowest BCUT2D eigenvalue weighted by atomic mass is 10.0. The Kier molecular flexibility index (Phi) is 5.95. The number of methoxy groups -OCH3 is 1. The van der Waals surface area contributed by atoms with Crippen LogP contribution < -0.4 is 10.1 Å². The largest absolute Gasteiger partial charge is 0.497 e. The molecule has 0 heterocycles. The standard InChI is InChI=1S/C19H21NO4/c1-13(19(22)23)15-7-9-16(10-8-15)20-18(21)11-6-14-4-3-5-17(12-14)24-2/h3-5,7-10,12-13H,6,11H2,1-2H3,(H,20,21)(H,22,23). The molecule has 1 unspecified atom stereocenters. The SMILES string of the molecule is COc1cccc(CCC(=O)Nc2ccc(C(C)C(=O)O)cc2)c1. The Hall–Kier alpha value is -2.82. The highest BCUT2D eigenvalue weighted by molar-refractivity contribution is 5.90. The highest BCUT2D eigenvalue weighted by Crippen LogP contribution is 2.19. The van der Waals surface area contributed by atoms with E-state index >= 15 is 0 Å². The average Bonchev–Trinajstić information content (AvgIpc) is 2.60. The molecule has 0 radical (unpaired) electrons. The predicted molar refractivity (Wildman–Crippen MR) is 92.4 cm³/mol. The molecule has 0 bridgehead atoms. The molecule has 1 amide bonds. The number of hydrogen-bond donors (Lipinski definition) is 2. The molecule has 2 rings (SSSR count). The molecule has 24 heavy (non-hydrogen) atoms. The van der Waals surface area contributed by atoms with Crippen molar-refractivity contribution in [2.45, 2.75) is 25.7 Å². The van der Waals surface area contributed by atoms with Crippen molar-refractivity contribution >= 4 is 17.6 Å². The number of hydrogen-bond acceptors (Lipinski definition) is 3. The van der Waals surface area contributed by atoms with E-state index in [0.29, 0.717) is 24.1 Å². The summed E-state index contributed by atoms with van der Waals surface area (Å²) >= 11 is 0. The van der Waals surface area contributed by atoms with Gasteiger partial charge in [-0.15, -0.1) is 0 Å². The number of carboxylic acid groups (broad SMARTS) is 1. The number of ether oxygens (including phenoxy) is 1. The number of rotatable bonds is 7. The lowest BCUT2D eigenvalue weighted by molar-refractivity contribution is -0.138. The molecule has 0 saturated heterocycles. The molecule has 0 aliphatic heterocycles. The number of nitrogens with one attached hydrogen (secondary N) is 1. The van der Waals surface area contributed by atoms with Gasteiger partial charge in [-0.05, 0) is 48.7 Å². The first-order chi connectivity index (χ1) is 11.5. The zero-order chi connectivity index (χ0) is 17.5. The zero-order valence-electron chi connectivity index (χ0n) is 13.8. The number of aliphatic carboxylic acids is 1. The summed E-state index contributed by atoms with van der Waals surface area (Å²) in [5.74, 6) is -0.749. The van der Waals surface area contributed by atoms with Crippen molar-refractivity contribution in [1.29, 1.82) is 0 Å². The summed E-state index contributed by atoms with van der Waals surface area (Å²) in [4.78, 5) is 23.0. The summed E-state index contributed by atoms with van der Waals surface area (Å²) in [6.07, 6.45) is 0.984. The lowest BCUT2D eigenvalue weighted by Crippen LogP contribution is -2.12. The normalized spacial score (nSPS) is 11.6. The van der Waals surface area contributed by atoms with Crippen molar-refractivity contribution < 1.29 is 19.4 Å². The van der Waals surface area contributed by atoms with E-state index in [1.807, 2.05) is 24.3 Å². The Morgan fingerprint density at radius 2 is 1.88 bits per heavy atom. The third kappa shape index (κ3) is 4.84. The van der Waals surface area contributed by atoms with Gasteiger partial charge in [0.15, 0.2) is 0 Å². The Bertz CT molecular complexity index is 710. The third-order valence-electron chi connectivity index (χ3n) is 3.84. The summed E-state index contributed by atoms with van der Waals surface area (Å²) in [6, 6.07) is 14.5. The van der Waals surface area contributed by atoms with E-state index in [0.717, 1.165) is 11.3 Å². The van der Waals surface area contributed by atoms with E-state index in [-0.39, 0.29) is 5.91 Å². The fourth-order valence-corrected chi connectivity index (χ4v) is 2.31. The van der Waals surface area contributed by atoms with Gasteiger partial charge >= 0.3 is 5.97 Å². The number of carbonyl (C=O) groups excluding carboxylic acids is 1. The number of carboxylic acids is 1. The molecule has 2 aromatic rings. The molecule has 0 fully saturated rings. The number of aryl methyl sites for hydroxylation is 1. The minimum atomic E-state index is -0.870. The van der Waals surface area contributed by atoms with Crippen LogP contribution in [0.4, 0.5) is 5.69 Å². The second-order valence-electron chi connectivity index (χ2n) is 5.58. The quantitative estimate of drug-likeness (QED) is 0.816. The fraction of sp³-hybridized carbons (Fsp3) is 0.263. The predicted octanol–water partition coefficient (Wildman–Crippen LogP) is 3.45. The van der Waals surface area contributed by atoms with E-state index in [2.05, 4.69) is 5.32 Å². The van der Waals surface area contributed by atoms with Crippen LogP contribution in [0.1, 0.15) is 30.4 Å². The highest BCUT2D eigenvalue weighted by atomic mass is 16.5. The van der Waals surface area contributed by atoms with Crippen molar-refractivity contribution in [2.75, 3.05) is 12.4 Å². The third-order valence-corrected chi connectivity index (χ3v) is 3.84. The van der Waals surface area contributed by atoms with Crippen LogP contribution in [0, 0.1) is 0 Å². The number of amides is 1. The Balaban J connectivity index is 1.89. The molecule has 126 valence electrons. The van der Waals surface area contributed by atoms with Crippen LogP contribution in [0.25, 0.3) is 0 Å². The summed E-state index contributed by atoms with van der Waals surface area (Å²) in [5.41, 5.74) is 2.40. The smallest absolute Gasteiger partial charge is 0.310 e. The minimum absolute atomic E-state index is 0.0862. The van der Waals surface area contributed by atoms with Gasteiger partial charge in [0.05, 0.1) is 13.0 Å². The van der Waals surface area contributed by atoms with Crippen LogP contribution in [0.3, 0.4) is 0 Å². The first-order valence-electron chi connectivity index (χ1n) is 7.75. The minimum Gasteiger partial charge on any atom is -0.497 e. The van der Waals surface area contributed by atoms with Gasteiger partial charge in [-0.25, -0.2) is 0 Å². The molecule has 1 atom stereocenters. The van der Waals surface area contributed by atoms with Gasteiger partial charge in [-0.1, -0.05) is 24.3 Å². The van der Waals surface area contributed by atoms with E-state index in [4.69, 9.17) is 9.84 Å². The van der Waals surface area contributed by atoms with E-state index in [1.165, 1.54) is 0 Å². The van der Waals surface area contributed by atoms with Gasteiger partial charge in [0.1, 0.15) is 5.75 Å². The van der Waals surface area contributed by atoms with E-state index < -0.39 is 11.9 Å². The van der Waals surface area contributed by atoms with Crippen molar-refractivity contribution in [3.63, 3.8) is 0 Å². The van der Waals surface area contributed by atoms with Gasteiger partial charge in [0.2, 0.25) is 5.91 Å². The summed E-state index contributed by atoms with van der Waals surface area (Å²) in [7, 11) is 1.61. The van der Waals surface area contributed by atoms with Crippen LogP contribution in [-0.2, 0) is 16.0 Å². The Morgan fingerprint density at radius 1 is 1.17 bits per heavy atom. The summed E-state index contributed by atoms with van der Waals surface area (Å²) < 4.78 is 5.16. The van der Waals surface area contributed by atoms with E-state index in [1.54, 1.807) is 38.3 Å². The second kappa shape index (κ2) is 8.15. The van der Waals surface area contributed by atoms with Crippen molar-refractivity contribution in [1.82, 2.24) is 0 Å². The molecule has 5 heteroatoms. The summed E-state index contributed by atoms with van der Waals surface area (Å²) in [5, 5.41) is 11.8. The van der Waals surface area contributed by atoms with Crippen molar-refractivity contribution in [3.8, 4) is 5.75 Å². The molecule has 2 N–H and O–H groups in total. The average molecular weight is 327 g/mol. The Morgan fingerprint density at radius 3 is 2.50 bits per heavy atom. The molecule has 0 aliphatic carbocycles. The number of benzene rings is 2. The maximum atomic E-state index is 12.0. The van der Waals surface area contributed by atoms with Crippen LogP contribution >= 0.6 is 0 Å². The molecule has 0 saturated carbocycles. The van der Waals surface area contributed by atoms with Crippen LogP contribution in [0.2, 0.25) is 0 Å². The van der Waals surface area contributed by atoms with Gasteiger partial charge in [-0.2, -0.15) is 0 Å². The van der Waals surface area contributed by atoms with Gasteiger partial charge in [0.25, 0.3) is 0 Å². The van der Waals surface area contributed by atoms with Crippen LogP contribution in [-0.4, -0.2) is 24.1 Å². The molecule has 0 aliphatic rings. The molecular weight excluding hydrogens is 306 g/mol. The number of carbonyl (C=O) groups is 2.